The molecule has 1 amide bonds. The van der Waals surface area contributed by atoms with E-state index in [1.807, 2.05) is 0 Å². The number of amides is 1. The van der Waals surface area contributed by atoms with Crippen molar-refractivity contribution in [2.75, 3.05) is 32.8 Å². The molecule has 0 saturated carbocycles. The highest BCUT2D eigenvalue weighted by atomic mass is 32.2. The van der Waals surface area contributed by atoms with Crippen LogP contribution in [0, 0.1) is 0 Å². The minimum absolute atomic E-state index is 0.0468. The lowest BCUT2D eigenvalue weighted by molar-refractivity contribution is -0.117. The average Bonchev–Trinajstić information content (AvgIpc) is 3.17. The van der Waals surface area contributed by atoms with Crippen LogP contribution in [0.1, 0.15) is 31.4 Å². The number of anilines is 1. The maximum absolute atomic E-state index is 13.0. The highest BCUT2D eigenvalue weighted by Crippen LogP contribution is 2.34. The molecule has 1 heterocycles. The molecular formula is C21H26N2O6S. The lowest BCUT2D eigenvalue weighted by Crippen LogP contribution is -2.28. The van der Waals surface area contributed by atoms with E-state index in [2.05, 4.69) is 4.72 Å². The number of benzene rings is 2. The molecule has 2 aromatic carbocycles. The fourth-order valence-electron chi connectivity index (χ4n) is 3.44. The first-order chi connectivity index (χ1) is 14.3. The number of hydrogen-bond donors (Lipinski definition) is 1. The molecule has 2 aromatic rings. The van der Waals surface area contributed by atoms with Crippen molar-refractivity contribution < 1.29 is 27.4 Å². The zero-order valence-electron chi connectivity index (χ0n) is 17.5. The van der Waals surface area contributed by atoms with E-state index in [4.69, 9.17) is 14.2 Å². The van der Waals surface area contributed by atoms with Gasteiger partial charge in [0.15, 0.2) is 11.5 Å². The van der Waals surface area contributed by atoms with Gasteiger partial charge in [0.2, 0.25) is 15.9 Å². The van der Waals surface area contributed by atoms with E-state index in [0.29, 0.717) is 35.9 Å². The minimum Gasteiger partial charge on any atom is -0.495 e. The van der Waals surface area contributed by atoms with Gasteiger partial charge in [-0.05, 0) is 49.2 Å². The quantitative estimate of drug-likeness (QED) is 0.687. The molecule has 1 N–H and O–H groups in total. The number of carbonyl (C=O) groups is 1. The molecule has 162 valence electrons. The molecule has 1 saturated heterocycles. The number of rotatable bonds is 8. The maximum Gasteiger partial charge on any atom is 0.241 e. The molecule has 30 heavy (non-hydrogen) atoms. The first-order valence-corrected chi connectivity index (χ1v) is 11.0. The molecule has 0 aliphatic carbocycles. The lowest BCUT2D eigenvalue weighted by Gasteiger charge is -2.21. The molecule has 1 aliphatic rings. The predicted molar refractivity (Wildman–Crippen MR) is 113 cm³/mol. The van der Waals surface area contributed by atoms with E-state index in [0.717, 1.165) is 12.0 Å². The van der Waals surface area contributed by atoms with Gasteiger partial charge >= 0.3 is 0 Å². The van der Waals surface area contributed by atoms with Crippen molar-refractivity contribution in [1.82, 2.24) is 4.72 Å². The summed E-state index contributed by atoms with van der Waals surface area (Å²) in [7, 11) is 0.699. The number of carbonyl (C=O) groups excluding carboxylic acids is 1. The Kier molecular flexibility index (Phi) is 6.52. The molecule has 1 unspecified atom stereocenters. The smallest absolute Gasteiger partial charge is 0.241 e. The third-order valence-electron chi connectivity index (χ3n) is 5.06. The third kappa shape index (κ3) is 4.36. The van der Waals surface area contributed by atoms with Gasteiger partial charge in [-0.2, -0.15) is 0 Å². The number of nitrogens with one attached hydrogen (secondary N) is 1. The van der Waals surface area contributed by atoms with E-state index in [-0.39, 0.29) is 10.8 Å². The second-order valence-corrected chi connectivity index (χ2v) is 8.65. The molecule has 1 fully saturated rings. The number of nitrogens with zero attached hydrogens (tertiary/aromatic N) is 1. The van der Waals surface area contributed by atoms with Crippen molar-refractivity contribution in [3.8, 4) is 17.2 Å². The predicted octanol–water partition coefficient (Wildman–Crippen LogP) is 2.88. The minimum atomic E-state index is -3.85. The van der Waals surface area contributed by atoms with E-state index in [1.54, 1.807) is 36.1 Å². The Morgan fingerprint density at radius 1 is 0.967 bits per heavy atom. The summed E-state index contributed by atoms with van der Waals surface area (Å²) in [5.41, 5.74) is 1.18. The molecular weight excluding hydrogens is 408 g/mol. The number of methoxy groups -OCH3 is 3. The highest BCUT2D eigenvalue weighted by Gasteiger charge is 2.27. The zero-order chi connectivity index (χ0) is 21.9. The van der Waals surface area contributed by atoms with Gasteiger partial charge < -0.3 is 19.1 Å². The fraction of sp³-hybridized carbons (Fsp3) is 0.381. The SMILES string of the molecule is COc1ccc(C(C)NS(=O)(=O)c2ccc(OC)c(N3CCCC3=O)c2)cc1OC. The molecule has 0 aromatic heterocycles. The summed E-state index contributed by atoms with van der Waals surface area (Å²) < 4.78 is 44.6. The van der Waals surface area contributed by atoms with Crippen molar-refractivity contribution in [3.05, 3.63) is 42.0 Å². The van der Waals surface area contributed by atoms with Crippen LogP contribution >= 0.6 is 0 Å². The Labute approximate surface area is 176 Å². The van der Waals surface area contributed by atoms with Crippen LogP contribution in [0.2, 0.25) is 0 Å². The number of sulfonamides is 1. The van der Waals surface area contributed by atoms with Crippen LogP contribution in [-0.2, 0) is 14.8 Å². The Morgan fingerprint density at radius 3 is 2.23 bits per heavy atom. The summed E-state index contributed by atoms with van der Waals surface area (Å²) in [6.45, 7) is 2.28. The van der Waals surface area contributed by atoms with Gasteiger partial charge in [-0.3, -0.25) is 4.79 Å². The molecule has 0 spiro atoms. The van der Waals surface area contributed by atoms with E-state index in [1.165, 1.54) is 33.5 Å². The molecule has 1 aliphatic heterocycles. The van der Waals surface area contributed by atoms with Gasteiger partial charge in [-0.15, -0.1) is 0 Å². The number of hydrogen-bond acceptors (Lipinski definition) is 6. The van der Waals surface area contributed by atoms with E-state index >= 15 is 0 Å². The van der Waals surface area contributed by atoms with Crippen molar-refractivity contribution in [2.24, 2.45) is 0 Å². The van der Waals surface area contributed by atoms with Crippen LogP contribution < -0.4 is 23.8 Å². The van der Waals surface area contributed by atoms with Gasteiger partial charge in [-0.25, -0.2) is 13.1 Å². The van der Waals surface area contributed by atoms with Crippen LogP contribution in [0.5, 0.6) is 17.2 Å². The van der Waals surface area contributed by atoms with Gasteiger partial charge in [0.1, 0.15) is 5.75 Å². The van der Waals surface area contributed by atoms with E-state index < -0.39 is 16.1 Å². The first kappa shape index (κ1) is 21.9. The van der Waals surface area contributed by atoms with Crippen molar-refractivity contribution in [1.29, 1.82) is 0 Å². The topological polar surface area (TPSA) is 94.2 Å². The summed E-state index contributed by atoms with van der Waals surface area (Å²) >= 11 is 0. The highest BCUT2D eigenvalue weighted by molar-refractivity contribution is 7.89. The molecule has 9 heteroatoms. The third-order valence-corrected chi connectivity index (χ3v) is 6.60. The normalized spacial score (nSPS) is 15.2. The van der Waals surface area contributed by atoms with Crippen LogP contribution in [-0.4, -0.2) is 42.2 Å². The largest absolute Gasteiger partial charge is 0.495 e. The number of ether oxygens (including phenoxy) is 3. The summed E-state index contributed by atoms with van der Waals surface area (Å²) in [6, 6.07) is 9.22. The van der Waals surface area contributed by atoms with Crippen molar-refractivity contribution >= 4 is 21.6 Å². The van der Waals surface area contributed by atoms with Crippen LogP contribution in [0.4, 0.5) is 5.69 Å². The molecule has 3 rings (SSSR count). The van der Waals surface area contributed by atoms with Gasteiger partial charge in [-0.1, -0.05) is 6.07 Å². The van der Waals surface area contributed by atoms with Gasteiger partial charge in [0, 0.05) is 19.0 Å². The molecule has 0 bridgehead atoms. The van der Waals surface area contributed by atoms with Crippen LogP contribution in [0.15, 0.2) is 41.3 Å². The summed E-state index contributed by atoms with van der Waals surface area (Å²) in [5.74, 6) is 1.48. The first-order valence-electron chi connectivity index (χ1n) is 9.53. The Morgan fingerprint density at radius 2 is 1.63 bits per heavy atom. The summed E-state index contributed by atoms with van der Waals surface area (Å²) in [5, 5.41) is 0. The summed E-state index contributed by atoms with van der Waals surface area (Å²) in [6.07, 6.45) is 1.17. The Bertz CT molecular complexity index is 1040. The monoisotopic (exact) mass is 434 g/mol. The van der Waals surface area contributed by atoms with Crippen LogP contribution in [0.25, 0.3) is 0 Å². The van der Waals surface area contributed by atoms with Crippen molar-refractivity contribution in [3.63, 3.8) is 0 Å². The van der Waals surface area contributed by atoms with Gasteiger partial charge in [0.25, 0.3) is 0 Å². The molecule has 1 atom stereocenters. The van der Waals surface area contributed by atoms with Crippen molar-refractivity contribution in [2.45, 2.75) is 30.7 Å². The standard InChI is InChI=1S/C21H26N2O6S/c1-14(15-7-9-19(28-3)20(12-15)29-4)22-30(25,26)16-8-10-18(27-2)17(13-16)23-11-5-6-21(23)24/h7-10,12-14,22H,5-6,11H2,1-4H3. The summed E-state index contributed by atoms with van der Waals surface area (Å²) in [4.78, 5) is 13.8. The van der Waals surface area contributed by atoms with Gasteiger partial charge in [0.05, 0.1) is 31.9 Å². The second kappa shape index (κ2) is 8.93. The zero-order valence-corrected chi connectivity index (χ0v) is 18.3. The second-order valence-electron chi connectivity index (χ2n) is 6.94. The molecule has 8 nitrogen and oxygen atoms in total. The maximum atomic E-state index is 13.0. The van der Waals surface area contributed by atoms with E-state index in [9.17, 15) is 13.2 Å². The van der Waals surface area contributed by atoms with Crippen LogP contribution in [0.3, 0.4) is 0 Å². The average molecular weight is 435 g/mol. The molecule has 0 radical (unpaired) electrons. The Balaban J connectivity index is 1.89. The lowest BCUT2D eigenvalue weighted by atomic mass is 10.1. The Hall–Kier alpha value is -2.78. The fourth-order valence-corrected chi connectivity index (χ4v) is 4.69.